The van der Waals surface area contributed by atoms with Gasteiger partial charge in [-0.05, 0) is 39.1 Å². The molecule has 0 bridgehead atoms. The van der Waals surface area contributed by atoms with Gasteiger partial charge < -0.3 is 8.86 Å². The van der Waals surface area contributed by atoms with E-state index < -0.39 is 0 Å². The summed E-state index contributed by atoms with van der Waals surface area (Å²) < 4.78 is 8.55. The van der Waals surface area contributed by atoms with Gasteiger partial charge >= 0.3 is 5.97 Å². The van der Waals surface area contributed by atoms with Crippen LogP contribution in [0.15, 0.2) is 24.4 Å². The highest BCUT2D eigenvalue weighted by Crippen LogP contribution is 2.28. The molecule has 0 amide bonds. The Bertz CT molecular complexity index is 658. The van der Waals surface area contributed by atoms with E-state index >= 15 is 0 Å². The first-order valence-corrected chi connectivity index (χ1v) is 9.76. The highest BCUT2D eigenvalue weighted by atomic mass is 31.1. The highest BCUT2D eigenvalue weighted by Gasteiger charge is 2.24. The maximum absolute atomic E-state index is 11.9. The first kappa shape index (κ1) is 17.7. The van der Waals surface area contributed by atoms with Gasteiger partial charge in [-0.1, -0.05) is 33.4 Å². The summed E-state index contributed by atoms with van der Waals surface area (Å²) in [7, 11) is 10.5. The molecule has 4 nitrogen and oxygen atoms in total. The minimum atomic E-state index is -0.360. The Morgan fingerprint density at radius 2 is 2.19 bits per heavy atom. The fraction of sp³-hybridized carbons (Fsp3) is 0.250. The van der Waals surface area contributed by atoms with Crippen LogP contribution in [0, 0.1) is 0 Å². The Balaban J connectivity index is 2.43. The van der Waals surface area contributed by atoms with Crippen molar-refractivity contribution in [1.82, 2.24) is 8.78 Å². The Morgan fingerprint density at radius 3 is 2.76 bits per heavy atom. The van der Waals surface area contributed by atoms with E-state index in [0.29, 0.717) is 6.42 Å². The Hall–Kier alpha value is 0.340. The third-order valence-corrected chi connectivity index (χ3v) is 5.63. The van der Waals surface area contributed by atoms with E-state index in [9.17, 15) is 4.79 Å². The lowest BCUT2D eigenvalue weighted by molar-refractivity contribution is -0.136. The second-order valence-electron chi connectivity index (χ2n) is 4.65. The molecule has 0 N–H and O–H groups in total. The molecule has 0 radical (unpaired) electrons. The number of rotatable bonds is 5. The predicted molar refractivity (Wildman–Crippen MR) is 105 cm³/mol. The van der Waals surface area contributed by atoms with Crippen LogP contribution in [0.4, 0.5) is 0 Å². The van der Waals surface area contributed by atoms with Gasteiger partial charge in [0.25, 0.3) is 0 Å². The van der Waals surface area contributed by atoms with Crippen LogP contribution in [0.3, 0.4) is 0 Å². The summed E-state index contributed by atoms with van der Waals surface area (Å²) in [5.41, 5.74) is 2.28. The number of carbonyl (C=O) groups is 1. The molecule has 1 aromatic carbocycles. The Kier molecular flexibility index (Phi) is 6.52. The number of fused-ring (bicyclic) bond motifs is 1. The predicted octanol–water partition coefficient (Wildman–Crippen LogP) is 2.34. The second kappa shape index (κ2) is 7.75. The maximum atomic E-state index is 11.9. The van der Waals surface area contributed by atoms with E-state index in [0.717, 1.165) is 19.7 Å². The van der Waals surface area contributed by atoms with Gasteiger partial charge in [0.05, 0.1) is 15.0 Å². The van der Waals surface area contributed by atoms with Crippen molar-refractivity contribution in [3.05, 3.63) is 30.0 Å². The van der Waals surface area contributed by atoms with Crippen molar-refractivity contribution in [3.63, 3.8) is 0 Å². The van der Waals surface area contributed by atoms with Crippen LogP contribution in [-0.2, 0) is 15.7 Å². The minimum absolute atomic E-state index is 0.275. The third-order valence-electron chi connectivity index (χ3n) is 3.37. The molecular formula is C12H19N2O2P5. The molecule has 0 spiro atoms. The van der Waals surface area contributed by atoms with Crippen molar-refractivity contribution in [2.24, 2.45) is 0 Å². The summed E-state index contributed by atoms with van der Waals surface area (Å²) in [6.07, 6.45) is 2.65. The molecule has 6 atom stereocenters. The summed E-state index contributed by atoms with van der Waals surface area (Å²) in [5, 5.41) is 2.51. The SMILES string of the molecule is CPc1ccc2c(c1)c(CC(C(=O)OP)N(P)P)cn2P. The standard InChI is InChI=1S/C12H19N2O2P5/c1-21-8-2-3-10-9(5-8)7(6-13(10)17)4-11(14(18)19)12(15)16-20/h2-3,5-6,11,21H,4,17-20H2,1H3. The number of nitrogens with zero attached hydrogens (tertiary/aromatic N) is 2. The molecule has 2 rings (SSSR count). The number of carbonyl (C=O) groups excluding carboxylic acids is 1. The first-order valence-electron chi connectivity index (χ1n) is 6.24. The fourth-order valence-corrected chi connectivity index (χ4v) is 3.80. The van der Waals surface area contributed by atoms with E-state index in [1.54, 1.807) is 4.44 Å². The molecule has 21 heavy (non-hydrogen) atoms. The smallest absolute Gasteiger partial charge is 0.326 e. The number of aromatic nitrogens is 1. The van der Waals surface area contributed by atoms with Crippen molar-refractivity contribution >= 4 is 68.4 Å². The molecule has 1 aromatic heterocycles. The molecule has 9 heteroatoms. The topological polar surface area (TPSA) is 34.5 Å². The largest absolute Gasteiger partial charge is 0.450 e. The average Bonchev–Trinajstić information content (AvgIpc) is 2.79. The molecule has 0 aliphatic rings. The molecule has 1 heterocycles. The quantitative estimate of drug-likeness (QED) is 0.750. The average molecular weight is 378 g/mol. The third kappa shape index (κ3) is 4.00. The lowest BCUT2D eigenvalue weighted by Crippen LogP contribution is -2.31. The van der Waals surface area contributed by atoms with E-state index in [2.05, 4.69) is 59.2 Å². The highest BCUT2D eigenvalue weighted by molar-refractivity contribution is 7.46. The van der Waals surface area contributed by atoms with Gasteiger partial charge in [-0.3, -0.25) is 9.24 Å². The van der Waals surface area contributed by atoms with Crippen LogP contribution in [0.1, 0.15) is 5.56 Å². The van der Waals surface area contributed by atoms with Crippen molar-refractivity contribution in [2.45, 2.75) is 12.5 Å². The fourth-order valence-electron chi connectivity index (χ4n) is 2.24. The van der Waals surface area contributed by atoms with Gasteiger partial charge in [0.2, 0.25) is 0 Å². The zero-order valence-corrected chi connectivity index (χ0v) is 17.2. The van der Waals surface area contributed by atoms with E-state index in [1.165, 1.54) is 10.7 Å². The van der Waals surface area contributed by atoms with Gasteiger partial charge in [0, 0.05) is 18.0 Å². The van der Waals surface area contributed by atoms with E-state index in [-0.39, 0.29) is 12.0 Å². The number of hydrogen-bond donors (Lipinski definition) is 0. The van der Waals surface area contributed by atoms with Crippen LogP contribution in [0.25, 0.3) is 10.9 Å². The summed E-state index contributed by atoms with van der Waals surface area (Å²) in [6, 6.07) is 6.13. The lowest BCUT2D eigenvalue weighted by atomic mass is 10.1. The lowest BCUT2D eigenvalue weighted by Gasteiger charge is -2.20. The van der Waals surface area contributed by atoms with Crippen molar-refractivity contribution in [3.8, 4) is 0 Å². The molecule has 0 aliphatic heterocycles. The van der Waals surface area contributed by atoms with Crippen LogP contribution in [-0.4, -0.2) is 27.5 Å². The molecule has 6 unspecified atom stereocenters. The first-order chi connectivity index (χ1) is 9.97. The van der Waals surface area contributed by atoms with Crippen LogP contribution >= 0.6 is 46.2 Å². The van der Waals surface area contributed by atoms with Crippen molar-refractivity contribution in [2.75, 3.05) is 6.66 Å². The Labute approximate surface area is 136 Å². The summed E-state index contributed by atoms with van der Waals surface area (Å²) in [6.45, 7) is 2.17. The van der Waals surface area contributed by atoms with Gasteiger partial charge in [0.1, 0.15) is 6.04 Å². The van der Waals surface area contributed by atoms with Gasteiger partial charge in [-0.25, -0.2) is 0 Å². The molecule has 2 aromatic rings. The van der Waals surface area contributed by atoms with E-state index in [4.69, 9.17) is 4.52 Å². The zero-order chi connectivity index (χ0) is 15.6. The maximum Gasteiger partial charge on any atom is 0.326 e. The zero-order valence-electron chi connectivity index (χ0n) is 11.6. The van der Waals surface area contributed by atoms with Crippen molar-refractivity contribution < 1.29 is 9.32 Å². The van der Waals surface area contributed by atoms with Crippen LogP contribution < -0.4 is 5.30 Å². The van der Waals surface area contributed by atoms with Crippen LogP contribution in [0.5, 0.6) is 0 Å². The normalized spacial score (nSPS) is 13.4. The second-order valence-corrected chi connectivity index (χ2v) is 8.31. The number of benzene rings is 1. The monoisotopic (exact) mass is 378 g/mol. The number of hydrogen-bond acceptors (Lipinski definition) is 3. The molecule has 114 valence electrons. The molecular weight excluding hydrogens is 359 g/mol. The molecule has 0 aliphatic carbocycles. The Morgan fingerprint density at radius 1 is 1.48 bits per heavy atom. The summed E-state index contributed by atoms with van der Waals surface area (Å²) in [5.74, 6) is -0.275. The summed E-state index contributed by atoms with van der Waals surface area (Å²) in [4.78, 5) is 11.9. The molecule has 0 saturated carbocycles. The minimum Gasteiger partial charge on any atom is -0.450 e. The molecule has 0 fully saturated rings. The van der Waals surface area contributed by atoms with Gasteiger partial charge in [-0.15, -0.1) is 0 Å². The molecule has 0 saturated heterocycles. The van der Waals surface area contributed by atoms with Gasteiger partial charge in [-0.2, -0.15) is 0 Å². The van der Waals surface area contributed by atoms with E-state index in [1.807, 2.05) is 13.8 Å². The van der Waals surface area contributed by atoms with Crippen LogP contribution in [0.2, 0.25) is 0 Å². The summed E-state index contributed by atoms with van der Waals surface area (Å²) >= 11 is 0. The van der Waals surface area contributed by atoms with Gasteiger partial charge in [0.15, 0.2) is 0 Å². The van der Waals surface area contributed by atoms with Crippen molar-refractivity contribution in [1.29, 1.82) is 0 Å².